The van der Waals surface area contributed by atoms with Gasteiger partial charge in [0, 0.05) is 12.5 Å². The molecule has 0 spiro atoms. The van der Waals surface area contributed by atoms with Crippen molar-refractivity contribution < 1.29 is 9.90 Å². The maximum absolute atomic E-state index is 12.3. The first kappa shape index (κ1) is 16.3. The summed E-state index contributed by atoms with van der Waals surface area (Å²) in [4.78, 5) is 32.7. The normalized spacial score (nSPS) is 20.3. The number of carbonyl (C=O) groups is 1. The molecule has 0 saturated carbocycles. The summed E-state index contributed by atoms with van der Waals surface area (Å²) in [6.07, 6.45) is -0.409. The van der Waals surface area contributed by atoms with E-state index in [4.69, 9.17) is 0 Å². The van der Waals surface area contributed by atoms with Crippen molar-refractivity contribution in [2.75, 3.05) is 6.54 Å². The van der Waals surface area contributed by atoms with Gasteiger partial charge in [-0.2, -0.15) is 0 Å². The third-order valence-electron chi connectivity index (χ3n) is 4.50. The van der Waals surface area contributed by atoms with E-state index in [1.807, 2.05) is 30.3 Å². The molecule has 2 atom stereocenters. The molecule has 1 saturated heterocycles. The maximum Gasteiger partial charge on any atom is 0.407 e. The summed E-state index contributed by atoms with van der Waals surface area (Å²) in [5, 5.41) is 9.60. The highest BCUT2D eigenvalue weighted by Crippen LogP contribution is 2.39. The highest BCUT2D eigenvalue weighted by atomic mass is 79.9. The van der Waals surface area contributed by atoms with Crippen molar-refractivity contribution in [2.45, 2.75) is 18.4 Å². The molecule has 128 valence electrons. The standard InChI is InChI=1S/C17H14BrN3O3S/c18-13-7-11-14(25-13)16(22)20-15(19-11)12-6-10(8-21(12)17(23)24)9-4-2-1-3-5-9/h1-5,7,10,12H,6,8H2,(H,23,24)(H,19,20,22)/t10-,12-/m0/s1. The monoisotopic (exact) mass is 419 g/mol. The van der Waals surface area contributed by atoms with Crippen molar-refractivity contribution >= 4 is 43.6 Å². The average molecular weight is 420 g/mol. The number of H-pyrrole nitrogens is 1. The van der Waals surface area contributed by atoms with Crippen molar-refractivity contribution in [1.82, 2.24) is 14.9 Å². The van der Waals surface area contributed by atoms with Gasteiger partial charge in [0.1, 0.15) is 10.5 Å². The van der Waals surface area contributed by atoms with Gasteiger partial charge in [-0.05, 0) is 34.0 Å². The zero-order valence-electron chi connectivity index (χ0n) is 13.0. The molecule has 1 fully saturated rings. The molecule has 1 aliphatic heterocycles. The topological polar surface area (TPSA) is 86.3 Å². The first-order valence-corrected chi connectivity index (χ1v) is 9.37. The van der Waals surface area contributed by atoms with Gasteiger partial charge in [0.2, 0.25) is 0 Å². The summed E-state index contributed by atoms with van der Waals surface area (Å²) in [6, 6.07) is 11.2. The number of carboxylic acid groups (broad SMARTS) is 1. The molecule has 2 aromatic heterocycles. The highest BCUT2D eigenvalue weighted by molar-refractivity contribution is 9.11. The Hall–Kier alpha value is -2.19. The molecular formula is C17H14BrN3O3S. The number of rotatable bonds is 2. The fourth-order valence-corrected chi connectivity index (χ4v) is 4.78. The van der Waals surface area contributed by atoms with Gasteiger partial charge < -0.3 is 10.1 Å². The number of nitrogens with one attached hydrogen (secondary N) is 1. The van der Waals surface area contributed by atoms with Crippen LogP contribution in [0.1, 0.15) is 29.8 Å². The van der Waals surface area contributed by atoms with Gasteiger partial charge in [-0.3, -0.25) is 9.69 Å². The number of fused-ring (bicyclic) bond motifs is 1. The zero-order valence-corrected chi connectivity index (χ0v) is 15.4. The van der Waals surface area contributed by atoms with Gasteiger partial charge in [-0.1, -0.05) is 30.3 Å². The molecule has 25 heavy (non-hydrogen) atoms. The predicted octanol–water partition coefficient (Wildman–Crippen LogP) is 3.96. The Morgan fingerprint density at radius 3 is 2.84 bits per heavy atom. The summed E-state index contributed by atoms with van der Waals surface area (Å²) in [7, 11) is 0. The van der Waals surface area contributed by atoms with E-state index in [2.05, 4.69) is 25.9 Å². The Morgan fingerprint density at radius 1 is 1.36 bits per heavy atom. The molecule has 3 heterocycles. The number of aromatic amines is 1. The number of benzene rings is 1. The van der Waals surface area contributed by atoms with E-state index < -0.39 is 12.1 Å². The smallest absolute Gasteiger partial charge is 0.407 e. The van der Waals surface area contributed by atoms with Crippen LogP contribution in [-0.4, -0.2) is 32.6 Å². The Balaban J connectivity index is 1.75. The second kappa shape index (κ2) is 6.27. The van der Waals surface area contributed by atoms with Crippen molar-refractivity contribution in [1.29, 1.82) is 0 Å². The van der Waals surface area contributed by atoms with E-state index in [0.29, 0.717) is 29.0 Å². The molecule has 0 aliphatic carbocycles. The van der Waals surface area contributed by atoms with Crippen LogP contribution in [-0.2, 0) is 0 Å². The Labute approximate surface area is 155 Å². The molecule has 2 N–H and O–H groups in total. The van der Waals surface area contributed by atoms with Crippen LogP contribution in [0.3, 0.4) is 0 Å². The molecule has 0 unspecified atom stereocenters. The van der Waals surface area contributed by atoms with E-state index in [0.717, 1.165) is 9.35 Å². The van der Waals surface area contributed by atoms with Gasteiger partial charge in [0.25, 0.3) is 5.56 Å². The molecule has 1 amide bonds. The molecule has 0 radical (unpaired) electrons. The average Bonchev–Trinajstić information content (AvgIpc) is 3.19. The van der Waals surface area contributed by atoms with Gasteiger partial charge in [-0.25, -0.2) is 9.78 Å². The van der Waals surface area contributed by atoms with Crippen LogP contribution in [0.2, 0.25) is 0 Å². The minimum atomic E-state index is -1.00. The first-order valence-electron chi connectivity index (χ1n) is 7.76. The minimum Gasteiger partial charge on any atom is -0.465 e. The van der Waals surface area contributed by atoms with Crippen molar-refractivity contribution in [2.24, 2.45) is 0 Å². The summed E-state index contributed by atoms with van der Waals surface area (Å²) < 4.78 is 1.36. The lowest BCUT2D eigenvalue weighted by Crippen LogP contribution is -2.31. The molecule has 3 aromatic rings. The van der Waals surface area contributed by atoms with Crippen LogP contribution in [0.4, 0.5) is 4.79 Å². The second-order valence-electron chi connectivity index (χ2n) is 6.01. The number of halogens is 1. The second-order valence-corrected chi connectivity index (χ2v) is 8.44. The van der Waals surface area contributed by atoms with E-state index in [9.17, 15) is 14.7 Å². The lowest BCUT2D eigenvalue weighted by molar-refractivity contribution is 0.138. The number of nitrogens with zero attached hydrogens (tertiary/aromatic N) is 2. The van der Waals surface area contributed by atoms with Gasteiger partial charge in [-0.15, -0.1) is 11.3 Å². The van der Waals surface area contributed by atoms with Crippen LogP contribution in [0.25, 0.3) is 10.2 Å². The summed E-state index contributed by atoms with van der Waals surface area (Å²) >= 11 is 4.68. The maximum atomic E-state index is 12.3. The summed E-state index contributed by atoms with van der Waals surface area (Å²) in [6.45, 7) is 0.388. The third kappa shape index (κ3) is 2.96. The number of hydrogen-bond acceptors (Lipinski definition) is 4. The zero-order chi connectivity index (χ0) is 17.6. The number of aromatic nitrogens is 2. The van der Waals surface area contributed by atoms with Crippen molar-refractivity contribution in [3.05, 3.63) is 61.9 Å². The van der Waals surface area contributed by atoms with Gasteiger partial charge in [0.05, 0.1) is 15.3 Å². The Morgan fingerprint density at radius 2 is 2.12 bits per heavy atom. The molecule has 8 heteroatoms. The van der Waals surface area contributed by atoms with E-state index >= 15 is 0 Å². The number of amides is 1. The lowest BCUT2D eigenvalue weighted by Gasteiger charge is -2.20. The van der Waals surface area contributed by atoms with Crippen LogP contribution in [0, 0.1) is 0 Å². The molecule has 0 bridgehead atoms. The summed E-state index contributed by atoms with van der Waals surface area (Å²) in [5.74, 6) is 0.487. The highest BCUT2D eigenvalue weighted by Gasteiger charge is 2.38. The molecule has 1 aromatic carbocycles. The third-order valence-corrected chi connectivity index (χ3v) is 6.13. The first-order chi connectivity index (χ1) is 12.0. The Bertz CT molecular complexity index is 1000. The van der Waals surface area contributed by atoms with Crippen LogP contribution in [0.15, 0.2) is 45.0 Å². The predicted molar refractivity (Wildman–Crippen MR) is 99.2 cm³/mol. The van der Waals surface area contributed by atoms with E-state index in [1.165, 1.54) is 16.2 Å². The lowest BCUT2D eigenvalue weighted by atomic mass is 9.96. The Kier molecular flexibility index (Phi) is 4.09. The van der Waals surface area contributed by atoms with E-state index in [-0.39, 0.29) is 11.5 Å². The fraction of sp³-hybridized carbons (Fsp3) is 0.235. The molecule has 1 aliphatic rings. The van der Waals surface area contributed by atoms with Crippen LogP contribution >= 0.6 is 27.3 Å². The quantitative estimate of drug-likeness (QED) is 0.657. The fourth-order valence-electron chi connectivity index (χ4n) is 3.36. The largest absolute Gasteiger partial charge is 0.465 e. The summed E-state index contributed by atoms with van der Waals surface area (Å²) in [5.41, 5.74) is 1.45. The van der Waals surface area contributed by atoms with Crippen LogP contribution in [0.5, 0.6) is 0 Å². The van der Waals surface area contributed by atoms with E-state index in [1.54, 1.807) is 6.07 Å². The number of hydrogen-bond donors (Lipinski definition) is 2. The number of thiophene rings is 1. The molecule has 6 nitrogen and oxygen atoms in total. The van der Waals surface area contributed by atoms with Gasteiger partial charge >= 0.3 is 6.09 Å². The van der Waals surface area contributed by atoms with Crippen molar-refractivity contribution in [3.8, 4) is 0 Å². The molecular weight excluding hydrogens is 406 g/mol. The minimum absolute atomic E-state index is 0.0810. The van der Waals surface area contributed by atoms with Crippen molar-refractivity contribution in [3.63, 3.8) is 0 Å². The van der Waals surface area contributed by atoms with Gasteiger partial charge in [0.15, 0.2) is 0 Å². The molecule has 4 rings (SSSR count). The van der Waals surface area contributed by atoms with Crippen LogP contribution < -0.4 is 5.56 Å². The number of likely N-dealkylation sites (tertiary alicyclic amines) is 1. The SMILES string of the molecule is O=C(O)N1C[C@@H](c2ccccc2)C[C@H]1c1nc2cc(Br)sc2c(=O)[nH]1.